The van der Waals surface area contributed by atoms with Gasteiger partial charge in [-0.1, -0.05) is 17.7 Å². The molecule has 2 heterocycles. The minimum Gasteiger partial charge on any atom is -0.467 e. The molecular formula is C20H16ClN3O2. The quantitative estimate of drug-likeness (QED) is 0.578. The summed E-state index contributed by atoms with van der Waals surface area (Å²) in [5, 5.41) is 3.54. The van der Waals surface area contributed by atoms with E-state index in [1.807, 2.05) is 41.8 Å². The first-order valence-corrected chi connectivity index (χ1v) is 8.54. The molecule has 130 valence electrons. The lowest BCUT2D eigenvalue weighted by molar-refractivity contribution is 0.0948. The summed E-state index contributed by atoms with van der Waals surface area (Å²) in [6, 6.07) is 14.9. The Morgan fingerprint density at radius 3 is 2.88 bits per heavy atom. The number of hydrogen-bond acceptors (Lipinski definition) is 3. The van der Waals surface area contributed by atoms with Gasteiger partial charge in [0.05, 0.1) is 23.8 Å². The SMILES string of the molecule is Cc1ccc(-n2cnc3cc(C(=O)NCc4ccco4)ccc32)cc1Cl. The van der Waals surface area contributed by atoms with E-state index in [9.17, 15) is 4.79 Å². The number of amides is 1. The van der Waals surface area contributed by atoms with Crippen molar-refractivity contribution < 1.29 is 9.21 Å². The van der Waals surface area contributed by atoms with Gasteiger partial charge >= 0.3 is 0 Å². The number of carbonyl (C=O) groups excluding carboxylic acids is 1. The van der Waals surface area contributed by atoms with Gasteiger partial charge in [-0.15, -0.1) is 0 Å². The molecule has 5 nitrogen and oxygen atoms in total. The van der Waals surface area contributed by atoms with Crippen LogP contribution >= 0.6 is 11.6 Å². The fourth-order valence-electron chi connectivity index (χ4n) is 2.77. The maximum absolute atomic E-state index is 12.3. The highest BCUT2D eigenvalue weighted by Crippen LogP contribution is 2.23. The lowest BCUT2D eigenvalue weighted by Crippen LogP contribution is -2.22. The molecule has 2 aromatic carbocycles. The van der Waals surface area contributed by atoms with Crippen LogP contribution in [0.1, 0.15) is 21.7 Å². The smallest absolute Gasteiger partial charge is 0.251 e. The summed E-state index contributed by atoms with van der Waals surface area (Å²) in [7, 11) is 0. The maximum atomic E-state index is 12.3. The Balaban J connectivity index is 1.60. The molecule has 0 saturated carbocycles. The third-order valence-electron chi connectivity index (χ3n) is 4.25. The molecule has 0 unspecified atom stereocenters. The zero-order valence-electron chi connectivity index (χ0n) is 14.1. The molecule has 26 heavy (non-hydrogen) atoms. The molecule has 6 heteroatoms. The number of imidazole rings is 1. The number of furan rings is 1. The predicted octanol–water partition coefficient (Wildman–Crippen LogP) is 4.51. The number of rotatable bonds is 4. The van der Waals surface area contributed by atoms with E-state index in [4.69, 9.17) is 16.0 Å². The fourth-order valence-corrected chi connectivity index (χ4v) is 2.95. The second-order valence-electron chi connectivity index (χ2n) is 6.01. The number of aromatic nitrogens is 2. The molecule has 4 aromatic rings. The van der Waals surface area contributed by atoms with E-state index in [2.05, 4.69) is 10.3 Å². The van der Waals surface area contributed by atoms with Crippen molar-refractivity contribution in [2.75, 3.05) is 0 Å². The maximum Gasteiger partial charge on any atom is 0.251 e. The Kier molecular flexibility index (Phi) is 4.22. The molecule has 0 aliphatic rings. The molecule has 0 atom stereocenters. The first-order valence-electron chi connectivity index (χ1n) is 8.16. The fraction of sp³-hybridized carbons (Fsp3) is 0.100. The zero-order valence-corrected chi connectivity index (χ0v) is 14.8. The molecule has 0 aliphatic heterocycles. The van der Waals surface area contributed by atoms with Gasteiger partial charge in [-0.05, 0) is 55.0 Å². The predicted molar refractivity (Wildman–Crippen MR) is 101 cm³/mol. The summed E-state index contributed by atoms with van der Waals surface area (Å²) in [5.74, 6) is 0.538. The van der Waals surface area contributed by atoms with E-state index >= 15 is 0 Å². The minimum atomic E-state index is -0.170. The second kappa shape index (κ2) is 6.69. The van der Waals surface area contributed by atoms with Gasteiger partial charge in [-0.2, -0.15) is 0 Å². The van der Waals surface area contributed by atoms with Crippen molar-refractivity contribution in [2.45, 2.75) is 13.5 Å². The lowest BCUT2D eigenvalue weighted by atomic mass is 10.1. The molecule has 1 N–H and O–H groups in total. The van der Waals surface area contributed by atoms with Gasteiger partial charge in [-0.25, -0.2) is 4.98 Å². The van der Waals surface area contributed by atoms with E-state index < -0.39 is 0 Å². The number of aryl methyl sites for hydroxylation is 1. The number of fused-ring (bicyclic) bond motifs is 1. The third-order valence-corrected chi connectivity index (χ3v) is 4.65. The van der Waals surface area contributed by atoms with Crippen molar-refractivity contribution >= 4 is 28.5 Å². The molecule has 0 saturated heterocycles. The Morgan fingerprint density at radius 1 is 1.23 bits per heavy atom. The molecule has 1 amide bonds. The summed E-state index contributed by atoms with van der Waals surface area (Å²) in [5.41, 5.74) is 4.16. The van der Waals surface area contributed by atoms with Crippen molar-refractivity contribution in [3.05, 3.63) is 83.0 Å². The Bertz CT molecular complexity index is 1080. The molecule has 2 aromatic heterocycles. The molecular weight excluding hydrogens is 350 g/mol. The van der Waals surface area contributed by atoms with Crippen LogP contribution in [-0.4, -0.2) is 15.5 Å². The number of carbonyl (C=O) groups is 1. The number of nitrogens with zero attached hydrogens (tertiary/aromatic N) is 2. The largest absolute Gasteiger partial charge is 0.467 e. The van der Waals surface area contributed by atoms with Crippen molar-refractivity contribution in [1.29, 1.82) is 0 Å². The Hall–Kier alpha value is -3.05. The van der Waals surface area contributed by atoms with E-state index in [1.54, 1.807) is 30.8 Å². The molecule has 0 fully saturated rings. The zero-order chi connectivity index (χ0) is 18.1. The number of halogens is 1. The van der Waals surface area contributed by atoms with E-state index in [1.165, 1.54) is 0 Å². The normalized spacial score (nSPS) is 11.0. The molecule has 0 bridgehead atoms. The van der Waals surface area contributed by atoms with Crippen molar-refractivity contribution in [2.24, 2.45) is 0 Å². The molecule has 4 rings (SSSR count). The van der Waals surface area contributed by atoms with Crippen molar-refractivity contribution in [1.82, 2.24) is 14.9 Å². The van der Waals surface area contributed by atoms with Crippen LogP contribution in [0.5, 0.6) is 0 Å². The highest BCUT2D eigenvalue weighted by Gasteiger charge is 2.11. The van der Waals surface area contributed by atoms with Gasteiger partial charge < -0.3 is 9.73 Å². The Morgan fingerprint density at radius 2 is 2.12 bits per heavy atom. The summed E-state index contributed by atoms with van der Waals surface area (Å²) in [6.45, 7) is 2.31. The number of benzene rings is 2. The minimum absolute atomic E-state index is 0.170. The topological polar surface area (TPSA) is 60.1 Å². The first kappa shape index (κ1) is 16.4. The van der Waals surface area contributed by atoms with Crippen LogP contribution in [0, 0.1) is 6.92 Å². The van der Waals surface area contributed by atoms with Crippen LogP contribution in [0.25, 0.3) is 16.7 Å². The second-order valence-corrected chi connectivity index (χ2v) is 6.42. The molecule has 0 radical (unpaired) electrons. The van der Waals surface area contributed by atoms with E-state index in [-0.39, 0.29) is 5.91 Å². The third kappa shape index (κ3) is 3.09. The summed E-state index contributed by atoms with van der Waals surface area (Å²) in [6.07, 6.45) is 3.31. The summed E-state index contributed by atoms with van der Waals surface area (Å²) >= 11 is 6.23. The average Bonchev–Trinajstić information content (AvgIpc) is 3.31. The lowest BCUT2D eigenvalue weighted by Gasteiger charge is -2.07. The van der Waals surface area contributed by atoms with Crippen LogP contribution in [0.2, 0.25) is 5.02 Å². The van der Waals surface area contributed by atoms with Crippen LogP contribution in [-0.2, 0) is 6.54 Å². The molecule has 0 spiro atoms. The highest BCUT2D eigenvalue weighted by molar-refractivity contribution is 6.31. The first-order chi connectivity index (χ1) is 12.6. The standard InChI is InChI=1S/C20H16ClN3O2/c1-13-4-6-15(10-17(13)21)24-12-23-18-9-14(5-7-19(18)24)20(25)22-11-16-3-2-8-26-16/h2-10,12H,11H2,1H3,(H,22,25). The van der Waals surface area contributed by atoms with Crippen LogP contribution in [0.3, 0.4) is 0 Å². The summed E-state index contributed by atoms with van der Waals surface area (Å²) < 4.78 is 7.17. The van der Waals surface area contributed by atoms with E-state index in [0.29, 0.717) is 22.9 Å². The van der Waals surface area contributed by atoms with E-state index in [0.717, 1.165) is 22.3 Å². The highest BCUT2D eigenvalue weighted by atomic mass is 35.5. The van der Waals surface area contributed by atoms with Gasteiger partial charge in [0.15, 0.2) is 0 Å². The number of nitrogens with one attached hydrogen (secondary N) is 1. The van der Waals surface area contributed by atoms with Crippen molar-refractivity contribution in [3.63, 3.8) is 0 Å². The number of hydrogen-bond donors (Lipinski definition) is 1. The monoisotopic (exact) mass is 365 g/mol. The van der Waals surface area contributed by atoms with Crippen LogP contribution in [0.15, 0.2) is 65.5 Å². The van der Waals surface area contributed by atoms with Gasteiger partial charge in [0.25, 0.3) is 5.91 Å². The van der Waals surface area contributed by atoms with Crippen LogP contribution < -0.4 is 5.32 Å². The Labute approximate surface area is 155 Å². The average molecular weight is 366 g/mol. The van der Waals surface area contributed by atoms with Gasteiger partial charge in [0, 0.05) is 16.3 Å². The van der Waals surface area contributed by atoms with Crippen LogP contribution in [0.4, 0.5) is 0 Å². The molecule has 0 aliphatic carbocycles. The van der Waals surface area contributed by atoms with Gasteiger partial charge in [0.1, 0.15) is 12.1 Å². The van der Waals surface area contributed by atoms with Crippen molar-refractivity contribution in [3.8, 4) is 5.69 Å². The summed E-state index contributed by atoms with van der Waals surface area (Å²) in [4.78, 5) is 16.8. The van der Waals surface area contributed by atoms with Gasteiger partial charge in [0.2, 0.25) is 0 Å². The van der Waals surface area contributed by atoms with Gasteiger partial charge in [-0.3, -0.25) is 9.36 Å².